The Bertz CT molecular complexity index is 473. The zero-order valence-corrected chi connectivity index (χ0v) is 12.9. The molecule has 3 aliphatic rings. The highest BCUT2D eigenvalue weighted by atomic mass is 15.3. The predicted molar refractivity (Wildman–Crippen MR) is 81.9 cm³/mol. The minimum absolute atomic E-state index is 0.171. The van der Waals surface area contributed by atoms with E-state index in [4.69, 9.17) is 0 Å². The smallest absolute Gasteiger partial charge is 0.148 e. The minimum atomic E-state index is 0.171. The first-order valence-electron chi connectivity index (χ1n) is 8.20. The van der Waals surface area contributed by atoms with E-state index in [0.29, 0.717) is 0 Å². The predicted octanol–water partition coefficient (Wildman–Crippen LogP) is 0.645. The normalized spacial score (nSPS) is 27.5. The third-order valence-corrected chi connectivity index (χ3v) is 5.34. The second-order valence-electron chi connectivity index (χ2n) is 6.98. The molecule has 21 heavy (non-hydrogen) atoms. The quantitative estimate of drug-likeness (QED) is 0.812. The van der Waals surface area contributed by atoms with Crippen molar-refractivity contribution in [3.63, 3.8) is 0 Å². The van der Waals surface area contributed by atoms with E-state index in [9.17, 15) is 0 Å². The Kier molecular flexibility index (Phi) is 3.44. The number of hydrogen-bond donors (Lipinski definition) is 0. The summed E-state index contributed by atoms with van der Waals surface area (Å²) in [4.78, 5) is 16.7. The van der Waals surface area contributed by atoms with E-state index in [1.807, 2.05) is 18.5 Å². The molecule has 1 aromatic rings. The molecule has 0 amide bonds. The molecule has 0 aromatic carbocycles. The van der Waals surface area contributed by atoms with Crippen LogP contribution in [0.3, 0.4) is 0 Å². The number of aromatic nitrogens is 2. The van der Waals surface area contributed by atoms with Crippen LogP contribution in [0.1, 0.15) is 18.7 Å². The van der Waals surface area contributed by atoms with Gasteiger partial charge in [-0.1, -0.05) is 0 Å². The van der Waals surface area contributed by atoms with Crippen LogP contribution in [0.5, 0.6) is 0 Å². The Morgan fingerprint density at radius 2 is 1.76 bits per heavy atom. The van der Waals surface area contributed by atoms with Gasteiger partial charge in [0.15, 0.2) is 0 Å². The summed E-state index contributed by atoms with van der Waals surface area (Å²) in [5.41, 5.74) is 0.171. The summed E-state index contributed by atoms with van der Waals surface area (Å²) in [7, 11) is 2.21. The Hall–Kier alpha value is -1.04. The topological polar surface area (TPSA) is 35.5 Å². The fourth-order valence-electron chi connectivity index (χ4n) is 4.01. The molecule has 0 spiro atoms. The van der Waals surface area contributed by atoms with E-state index in [2.05, 4.69) is 31.7 Å². The Balaban J connectivity index is 1.33. The largest absolute Gasteiger partial charge is 0.306 e. The van der Waals surface area contributed by atoms with Crippen molar-refractivity contribution >= 4 is 0 Å². The van der Waals surface area contributed by atoms with Crippen LogP contribution in [0, 0.1) is 5.92 Å². The molecule has 0 bridgehead atoms. The number of likely N-dealkylation sites (tertiary alicyclic amines) is 1. The van der Waals surface area contributed by atoms with E-state index < -0.39 is 0 Å². The van der Waals surface area contributed by atoms with Gasteiger partial charge in [-0.2, -0.15) is 0 Å². The van der Waals surface area contributed by atoms with E-state index in [-0.39, 0.29) is 5.54 Å². The number of rotatable bonds is 4. The van der Waals surface area contributed by atoms with Crippen LogP contribution in [-0.4, -0.2) is 77.5 Å². The van der Waals surface area contributed by atoms with E-state index in [1.54, 1.807) is 0 Å². The molecule has 4 rings (SSSR count). The van der Waals surface area contributed by atoms with Gasteiger partial charge < -0.3 is 9.80 Å². The molecular formula is C16H25N5. The van der Waals surface area contributed by atoms with Crippen LogP contribution >= 0.6 is 0 Å². The first-order chi connectivity index (χ1) is 10.3. The fraction of sp³-hybridized carbons (Fsp3) is 0.750. The molecule has 3 fully saturated rings. The summed E-state index contributed by atoms with van der Waals surface area (Å²) in [6.07, 6.45) is 6.21. The van der Waals surface area contributed by atoms with Crippen LogP contribution in [0.15, 0.2) is 18.5 Å². The molecular weight excluding hydrogens is 262 g/mol. The second kappa shape index (κ2) is 5.30. The first kappa shape index (κ1) is 13.6. The van der Waals surface area contributed by atoms with Crippen molar-refractivity contribution in [2.45, 2.75) is 18.4 Å². The lowest BCUT2D eigenvalue weighted by Crippen LogP contribution is -2.55. The van der Waals surface area contributed by atoms with Crippen LogP contribution in [0.25, 0.3) is 0 Å². The van der Waals surface area contributed by atoms with Gasteiger partial charge in [-0.3, -0.25) is 4.90 Å². The molecule has 2 aliphatic heterocycles. The molecule has 5 nitrogen and oxygen atoms in total. The molecule has 2 saturated heterocycles. The van der Waals surface area contributed by atoms with Gasteiger partial charge in [0, 0.05) is 58.2 Å². The van der Waals surface area contributed by atoms with Crippen LogP contribution in [-0.2, 0) is 5.54 Å². The molecule has 3 heterocycles. The van der Waals surface area contributed by atoms with Gasteiger partial charge in [0.25, 0.3) is 0 Å². The molecule has 5 heteroatoms. The van der Waals surface area contributed by atoms with Crippen molar-refractivity contribution < 1.29 is 0 Å². The van der Waals surface area contributed by atoms with Gasteiger partial charge in [-0.05, 0) is 31.9 Å². The second-order valence-corrected chi connectivity index (χ2v) is 6.98. The maximum absolute atomic E-state index is 4.51. The minimum Gasteiger partial charge on any atom is -0.306 e. The summed E-state index contributed by atoms with van der Waals surface area (Å²) in [6.45, 7) is 8.59. The lowest BCUT2D eigenvalue weighted by atomic mass is 10.00. The van der Waals surface area contributed by atoms with Crippen molar-refractivity contribution in [1.29, 1.82) is 0 Å². The molecule has 0 radical (unpaired) electrons. The van der Waals surface area contributed by atoms with Gasteiger partial charge in [0.2, 0.25) is 0 Å². The average molecular weight is 287 g/mol. The van der Waals surface area contributed by atoms with Gasteiger partial charge >= 0.3 is 0 Å². The molecule has 1 aliphatic carbocycles. The summed E-state index contributed by atoms with van der Waals surface area (Å²) in [5, 5.41) is 0. The fourth-order valence-corrected chi connectivity index (χ4v) is 4.01. The highest BCUT2D eigenvalue weighted by molar-refractivity contribution is 5.17. The standard InChI is InChI=1S/C16H25N5/c1-19-11-14(12-19)13-20-7-9-21(10-8-20)16(3-4-16)15-17-5-2-6-18-15/h2,5-6,14H,3-4,7-13H2,1H3. The van der Waals surface area contributed by atoms with E-state index in [1.165, 1.54) is 58.7 Å². The monoisotopic (exact) mass is 287 g/mol. The summed E-state index contributed by atoms with van der Waals surface area (Å²) >= 11 is 0. The van der Waals surface area contributed by atoms with Crippen LogP contribution in [0.2, 0.25) is 0 Å². The maximum atomic E-state index is 4.51. The lowest BCUT2D eigenvalue weighted by Gasteiger charge is -2.43. The SMILES string of the molecule is CN1CC(CN2CCN(C3(c4ncccn4)CC3)CC2)C1. The molecule has 0 N–H and O–H groups in total. The molecule has 1 aromatic heterocycles. The van der Waals surface area contributed by atoms with Crippen LogP contribution < -0.4 is 0 Å². The van der Waals surface area contributed by atoms with Crippen molar-refractivity contribution in [2.75, 3.05) is 52.9 Å². The maximum Gasteiger partial charge on any atom is 0.148 e. The zero-order valence-electron chi connectivity index (χ0n) is 12.9. The zero-order chi connectivity index (χ0) is 14.3. The number of piperazine rings is 1. The van der Waals surface area contributed by atoms with Crippen molar-refractivity contribution in [2.24, 2.45) is 5.92 Å². The van der Waals surface area contributed by atoms with Crippen molar-refractivity contribution in [3.05, 3.63) is 24.3 Å². The molecule has 0 atom stereocenters. The van der Waals surface area contributed by atoms with Gasteiger partial charge in [-0.15, -0.1) is 0 Å². The highest BCUT2D eigenvalue weighted by Gasteiger charge is 2.52. The summed E-state index contributed by atoms with van der Waals surface area (Å²) in [6, 6.07) is 1.91. The van der Waals surface area contributed by atoms with Gasteiger partial charge in [0.1, 0.15) is 5.82 Å². The molecule has 0 unspecified atom stereocenters. The van der Waals surface area contributed by atoms with E-state index in [0.717, 1.165) is 11.7 Å². The van der Waals surface area contributed by atoms with Crippen molar-refractivity contribution in [3.8, 4) is 0 Å². The number of hydrogen-bond acceptors (Lipinski definition) is 5. The summed E-state index contributed by atoms with van der Waals surface area (Å²) < 4.78 is 0. The third-order valence-electron chi connectivity index (χ3n) is 5.34. The van der Waals surface area contributed by atoms with Crippen LogP contribution in [0.4, 0.5) is 0 Å². The van der Waals surface area contributed by atoms with Gasteiger partial charge in [0.05, 0.1) is 5.54 Å². The van der Waals surface area contributed by atoms with Crippen molar-refractivity contribution in [1.82, 2.24) is 24.7 Å². The first-order valence-corrected chi connectivity index (χ1v) is 8.20. The Morgan fingerprint density at radius 3 is 2.33 bits per heavy atom. The van der Waals surface area contributed by atoms with Gasteiger partial charge in [-0.25, -0.2) is 9.97 Å². The molecule has 114 valence electrons. The molecule has 1 saturated carbocycles. The Labute approximate surface area is 127 Å². The average Bonchev–Trinajstić information content (AvgIpc) is 3.29. The lowest BCUT2D eigenvalue weighted by molar-refractivity contribution is 0.0411. The Morgan fingerprint density at radius 1 is 1.10 bits per heavy atom. The highest BCUT2D eigenvalue weighted by Crippen LogP contribution is 2.49. The number of nitrogens with zero attached hydrogens (tertiary/aromatic N) is 5. The van der Waals surface area contributed by atoms with E-state index >= 15 is 0 Å². The summed E-state index contributed by atoms with van der Waals surface area (Å²) in [5.74, 6) is 1.94. The third kappa shape index (κ3) is 2.58.